The van der Waals surface area contributed by atoms with Gasteiger partial charge >= 0.3 is 0 Å². The average Bonchev–Trinajstić information content (AvgIpc) is 2.96. The fraction of sp³-hybridized carbons (Fsp3) is 1.00. The molecule has 2 unspecified atom stereocenters. The van der Waals surface area contributed by atoms with Crippen LogP contribution in [0, 0.1) is 5.92 Å². The molecule has 0 aromatic carbocycles. The van der Waals surface area contributed by atoms with Gasteiger partial charge < -0.3 is 0 Å². The first kappa shape index (κ1) is 23.6. The normalized spacial score (nSPS) is 27.8. The Morgan fingerprint density at radius 3 is 1.79 bits per heavy atom. The topological polar surface area (TPSA) is 6.48 Å². The molecule has 0 bridgehead atoms. The number of nitrogens with zero attached hydrogens (tertiary/aromatic N) is 2. The van der Waals surface area contributed by atoms with Crippen molar-refractivity contribution < 1.29 is 0 Å². The maximum atomic E-state index is 2.92. The van der Waals surface area contributed by atoms with E-state index in [0.29, 0.717) is 5.66 Å². The molecular weight excluding hydrogens is 352 g/mol. The molecule has 1 spiro atoms. The van der Waals surface area contributed by atoms with Crippen LogP contribution in [0.15, 0.2) is 0 Å². The maximum Gasteiger partial charge on any atom is 0.0779 e. The van der Waals surface area contributed by atoms with E-state index in [1.165, 1.54) is 155 Å². The van der Waals surface area contributed by atoms with Crippen LogP contribution in [0.2, 0.25) is 0 Å². The maximum absolute atomic E-state index is 2.92. The van der Waals surface area contributed by atoms with E-state index in [4.69, 9.17) is 0 Å². The predicted molar refractivity (Wildman–Crippen MR) is 127 cm³/mol. The Kier molecular flexibility index (Phi) is 10.9. The number of rotatable bonds is 15. The Labute approximate surface area is 183 Å². The van der Waals surface area contributed by atoms with Crippen LogP contribution in [0.1, 0.15) is 135 Å². The van der Waals surface area contributed by atoms with Crippen molar-refractivity contribution in [1.82, 2.24) is 9.80 Å². The Hall–Kier alpha value is -0.0800. The van der Waals surface area contributed by atoms with Gasteiger partial charge in [-0.15, -0.1) is 0 Å². The van der Waals surface area contributed by atoms with Crippen molar-refractivity contribution in [2.75, 3.05) is 26.2 Å². The standard InChI is InChI=1S/C27H52N2/c1-2-3-4-5-6-7-8-9-10-11-12-13-14-16-20-26-25-29-24-19-23-28-22-18-15-17-21-27(26,28)29/h26H,2-25H2,1H3. The molecule has 2 atom stereocenters. The minimum absolute atomic E-state index is 0.519. The third-order valence-electron chi connectivity index (χ3n) is 8.42. The van der Waals surface area contributed by atoms with Crippen molar-refractivity contribution >= 4 is 0 Å². The zero-order chi connectivity index (χ0) is 20.2. The summed E-state index contributed by atoms with van der Waals surface area (Å²) in [5, 5.41) is 0. The molecule has 0 radical (unpaired) electrons. The molecule has 0 aliphatic carbocycles. The quantitative estimate of drug-likeness (QED) is 0.257. The summed E-state index contributed by atoms with van der Waals surface area (Å²) in [7, 11) is 0. The van der Waals surface area contributed by atoms with Crippen molar-refractivity contribution in [3.63, 3.8) is 0 Å². The Balaban J connectivity index is 1.17. The summed E-state index contributed by atoms with van der Waals surface area (Å²) in [4.78, 5) is 5.79. The van der Waals surface area contributed by atoms with E-state index in [1.54, 1.807) is 0 Å². The summed E-state index contributed by atoms with van der Waals surface area (Å²) >= 11 is 0. The summed E-state index contributed by atoms with van der Waals surface area (Å²) in [5.74, 6) is 0.984. The molecule has 3 heterocycles. The summed E-state index contributed by atoms with van der Waals surface area (Å²) < 4.78 is 0. The van der Waals surface area contributed by atoms with E-state index in [9.17, 15) is 0 Å². The smallest absolute Gasteiger partial charge is 0.0779 e. The fourth-order valence-corrected chi connectivity index (χ4v) is 6.70. The van der Waals surface area contributed by atoms with Crippen LogP contribution in [0.4, 0.5) is 0 Å². The molecule has 3 aliphatic heterocycles. The number of hydrogen-bond acceptors (Lipinski definition) is 2. The minimum Gasteiger partial charge on any atom is -0.285 e. The molecule has 170 valence electrons. The molecular formula is C27H52N2. The first-order valence-corrected chi connectivity index (χ1v) is 13.9. The highest BCUT2D eigenvalue weighted by Gasteiger charge is 2.57. The van der Waals surface area contributed by atoms with Crippen molar-refractivity contribution in [2.45, 2.75) is 141 Å². The monoisotopic (exact) mass is 404 g/mol. The first-order valence-electron chi connectivity index (χ1n) is 13.9. The molecule has 2 nitrogen and oxygen atoms in total. The van der Waals surface area contributed by atoms with E-state index < -0.39 is 0 Å². The van der Waals surface area contributed by atoms with Gasteiger partial charge in [0.1, 0.15) is 0 Å². The van der Waals surface area contributed by atoms with Gasteiger partial charge in [-0.05, 0) is 32.2 Å². The highest BCUT2D eigenvalue weighted by Crippen LogP contribution is 2.49. The largest absolute Gasteiger partial charge is 0.285 e. The lowest BCUT2D eigenvalue weighted by Gasteiger charge is -2.66. The van der Waals surface area contributed by atoms with Crippen LogP contribution in [-0.2, 0) is 0 Å². The molecule has 29 heavy (non-hydrogen) atoms. The molecule has 0 N–H and O–H groups in total. The van der Waals surface area contributed by atoms with Gasteiger partial charge in [0.2, 0.25) is 0 Å². The van der Waals surface area contributed by atoms with Crippen LogP contribution < -0.4 is 0 Å². The lowest BCUT2D eigenvalue weighted by Crippen LogP contribution is -2.77. The number of hydrogen-bond donors (Lipinski definition) is 0. The van der Waals surface area contributed by atoms with Gasteiger partial charge in [0.05, 0.1) is 5.66 Å². The SMILES string of the molecule is CCCCCCCCCCCCCCCCC1CN2CCCN3CCCCCC132. The minimum atomic E-state index is 0.519. The van der Waals surface area contributed by atoms with Crippen molar-refractivity contribution in [3.8, 4) is 0 Å². The summed E-state index contributed by atoms with van der Waals surface area (Å²) in [5.41, 5.74) is 0.519. The molecule has 3 fully saturated rings. The van der Waals surface area contributed by atoms with Crippen LogP contribution in [0.5, 0.6) is 0 Å². The van der Waals surface area contributed by atoms with Gasteiger partial charge in [0.25, 0.3) is 0 Å². The van der Waals surface area contributed by atoms with Crippen LogP contribution in [0.25, 0.3) is 0 Å². The highest BCUT2D eigenvalue weighted by atomic mass is 15.5. The van der Waals surface area contributed by atoms with Crippen molar-refractivity contribution in [2.24, 2.45) is 5.92 Å². The van der Waals surface area contributed by atoms with Gasteiger partial charge in [-0.2, -0.15) is 0 Å². The lowest BCUT2D eigenvalue weighted by atomic mass is 9.72. The molecule has 0 amide bonds. The van der Waals surface area contributed by atoms with Crippen molar-refractivity contribution in [3.05, 3.63) is 0 Å². The molecule has 0 aromatic rings. The van der Waals surface area contributed by atoms with Crippen LogP contribution >= 0.6 is 0 Å². The Morgan fingerprint density at radius 2 is 1.14 bits per heavy atom. The first-order chi connectivity index (χ1) is 14.4. The third-order valence-corrected chi connectivity index (χ3v) is 8.42. The predicted octanol–water partition coefficient (Wildman–Crippen LogP) is 7.77. The molecule has 0 aromatic heterocycles. The zero-order valence-corrected chi connectivity index (χ0v) is 19.9. The van der Waals surface area contributed by atoms with Crippen molar-refractivity contribution in [1.29, 1.82) is 0 Å². The van der Waals surface area contributed by atoms with Crippen LogP contribution in [-0.4, -0.2) is 41.6 Å². The second-order valence-electron chi connectivity index (χ2n) is 10.6. The number of unbranched alkanes of at least 4 members (excludes halogenated alkanes) is 13. The van der Waals surface area contributed by atoms with E-state index >= 15 is 0 Å². The van der Waals surface area contributed by atoms with Crippen LogP contribution in [0.3, 0.4) is 0 Å². The Morgan fingerprint density at radius 1 is 0.586 bits per heavy atom. The molecule has 3 saturated heterocycles. The van der Waals surface area contributed by atoms with E-state index in [-0.39, 0.29) is 0 Å². The van der Waals surface area contributed by atoms with Gasteiger partial charge in [-0.1, -0.05) is 110 Å². The Bertz CT molecular complexity index is 423. The fourth-order valence-electron chi connectivity index (χ4n) is 6.70. The molecule has 0 saturated carbocycles. The van der Waals surface area contributed by atoms with E-state index in [0.717, 1.165) is 5.92 Å². The van der Waals surface area contributed by atoms with Gasteiger partial charge in [0.15, 0.2) is 0 Å². The zero-order valence-electron chi connectivity index (χ0n) is 19.9. The average molecular weight is 405 g/mol. The molecule has 3 rings (SSSR count). The van der Waals surface area contributed by atoms with E-state index in [2.05, 4.69) is 16.7 Å². The second-order valence-corrected chi connectivity index (χ2v) is 10.6. The molecule has 2 heteroatoms. The third kappa shape index (κ3) is 6.70. The lowest BCUT2D eigenvalue weighted by molar-refractivity contribution is -0.210. The highest BCUT2D eigenvalue weighted by molar-refractivity contribution is 5.08. The van der Waals surface area contributed by atoms with Gasteiger partial charge in [0, 0.05) is 25.6 Å². The van der Waals surface area contributed by atoms with Gasteiger partial charge in [-0.25, -0.2) is 0 Å². The van der Waals surface area contributed by atoms with E-state index in [1.807, 2.05) is 0 Å². The summed E-state index contributed by atoms with van der Waals surface area (Å²) in [6.07, 6.45) is 29.4. The molecule has 3 aliphatic rings. The second kappa shape index (κ2) is 13.4. The van der Waals surface area contributed by atoms with Gasteiger partial charge in [-0.3, -0.25) is 9.80 Å². The summed E-state index contributed by atoms with van der Waals surface area (Å²) in [6, 6.07) is 0. The summed E-state index contributed by atoms with van der Waals surface area (Å²) in [6.45, 7) is 7.86.